The van der Waals surface area contributed by atoms with Crippen LogP contribution in [0.25, 0.3) is 5.52 Å². The molecule has 0 aliphatic rings. The van der Waals surface area contributed by atoms with Crippen molar-refractivity contribution in [2.24, 2.45) is 0 Å². The van der Waals surface area contributed by atoms with E-state index in [-0.39, 0.29) is 5.82 Å². The predicted molar refractivity (Wildman–Crippen MR) is 42.7 cm³/mol. The first-order chi connectivity index (χ1) is 6.18. The summed E-state index contributed by atoms with van der Waals surface area (Å²) < 4.78 is 26.1. The average molecular weight is 183 g/mol. The number of aromatic nitrogens is 3. The topological polar surface area (TPSA) is 30.2 Å². The van der Waals surface area contributed by atoms with E-state index in [9.17, 15) is 8.78 Å². The smallest absolute Gasteiger partial charge is 0.295 e. The van der Waals surface area contributed by atoms with Gasteiger partial charge in [-0.2, -0.15) is 0 Å². The molecule has 2 heterocycles. The minimum absolute atomic E-state index is 0.236. The van der Waals surface area contributed by atoms with Gasteiger partial charge in [0.05, 0.1) is 23.6 Å². The molecule has 68 valence electrons. The van der Waals surface area contributed by atoms with Crippen molar-refractivity contribution in [3.05, 3.63) is 30.1 Å². The molecule has 0 amide bonds. The third kappa shape index (κ3) is 1.26. The minimum atomic E-state index is -2.55. The second kappa shape index (κ2) is 2.76. The molecule has 0 saturated heterocycles. The van der Waals surface area contributed by atoms with E-state index < -0.39 is 6.43 Å². The third-order valence-corrected chi connectivity index (χ3v) is 1.77. The van der Waals surface area contributed by atoms with Crippen molar-refractivity contribution in [1.29, 1.82) is 0 Å². The van der Waals surface area contributed by atoms with Crippen LogP contribution >= 0.6 is 0 Å². The Morgan fingerprint density at radius 3 is 2.69 bits per heavy atom. The standard InChI is InChI=1S/C8H7F2N3/c1-5-4-13-6(2-11-5)3-12-8(13)7(9)10/h2-4,7H,1H3. The Kier molecular flexibility index (Phi) is 1.72. The highest BCUT2D eigenvalue weighted by atomic mass is 19.3. The molecule has 3 nitrogen and oxygen atoms in total. The zero-order valence-electron chi connectivity index (χ0n) is 6.91. The maximum atomic E-state index is 12.4. The van der Waals surface area contributed by atoms with Gasteiger partial charge < -0.3 is 0 Å². The lowest BCUT2D eigenvalue weighted by Crippen LogP contribution is -1.96. The summed E-state index contributed by atoms with van der Waals surface area (Å²) in [6, 6.07) is 0. The van der Waals surface area contributed by atoms with E-state index in [1.54, 1.807) is 13.1 Å². The first kappa shape index (κ1) is 8.10. The second-order valence-corrected chi connectivity index (χ2v) is 2.74. The third-order valence-electron chi connectivity index (χ3n) is 1.77. The predicted octanol–water partition coefficient (Wildman–Crippen LogP) is 1.98. The molecule has 13 heavy (non-hydrogen) atoms. The van der Waals surface area contributed by atoms with E-state index in [1.165, 1.54) is 16.8 Å². The number of hydrogen-bond donors (Lipinski definition) is 0. The summed E-state index contributed by atoms with van der Waals surface area (Å²) in [7, 11) is 0. The molecule has 2 rings (SSSR count). The van der Waals surface area contributed by atoms with Gasteiger partial charge in [0, 0.05) is 6.20 Å². The van der Waals surface area contributed by atoms with Crippen molar-refractivity contribution in [2.45, 2.75) is 13.3 Å². The van der Waals surface area contributed by atoms with Crippen LogP contribution in [-0.4, -0.2) is 14.4 Å². The Labute approximate surface area is 73.0 Å². The van der Waals surface area contributed by atoms with Gasteiger partial charge in [-0.3, -0.25) is 9.38 Å². The number of nitrogens with zero attached hydrogens (tertiary/aromatic N) is 3. The molecule has 0 atom stereocenters. The van der Waals surface area contributed by atoms with Crippen LogP contribution < -0.4 is 0 Å². The van der Waals surface area contributed by atoms with Crippen LogP contribution in [0.5, 0.6) is 0 Å². The molecule has 0 fully saturated rings. The van der Waals surface area contributed by atoms with Crippen LogP contribution in [0, 0.1) is 6.92 Å². The lowest BCUT2D eigenvalue weighted by atomic mass is 10.5. The molecule has 0 aliphatic carbocycles. The zero-order valence-corrected chi connectivity index (χ0v) is 6.91. The van der Waals surface area contributed by atoms with Crippen molar-refractivity contribution in [2.75, 3.05) is 0 Å². The van der Waals surface area contributed by atoms with Crippen LogP contribution in [-0.2, 0) is 0 Å². The summed E-state index contributed by atoms with van der Waals surface area (Å²) in [5, 5.41) is 0. The largest absolute Gasteiger partial charge is 0.296 e. The van der Waals surface area contributed by atoms with Gasteiger partial charge in [0.15, 0.2) is 5.82 Å². The molecular formula is C8H7F2N3. The first-order valence-electron chi connectivity index (χ1n) is 3.76. The molecule has 0 spiro atoms. The van der Waals surface area contributed by atoms with Crippen LogP contribution in [0.4, 0.5) is 8.78 Å². The van der Waals surface area contributed by atoms with E-state index in [1.807, 2.05) is 0 Å². The Bertz CT molecular complexity index is 436. The van der Waals surface area contributed by atoms with E-state index >= 15 is 0 Å². The number of alkyl halides is 2. The number of imidazole rings is 1. The normalized spacial score (nSPS) is 11.4. The van der Waals surface area contributed by atoms with Gasteiger partial charge in [0.25, 0.3) is 6.43 Å². The van der Waals surface area contributed by atoms with Gasteiger partial charge in [0.1, 0.15) is 0 Å². The fourth-order valence-corrected chi connectivity index (χ4v) is 1.17. The van der Waals surface area contributed by atoms with Crippen molar-refractivity contribution < 1.29 is 8.78 Å². The fourth-order valence-electron chi connectivity index (χ4n) is 1.17. The molecular weight excluding hydrogens is 176 g/mol. The lowest BCUT2D eigenvalue weighted by molar-refractivity contribution is 0.139. The van der Waals surface area contributed by atoms with Gasteiger partial charge in [0.2, 0.25) is 0 Å². The Hall–Kier alpha value is -1.52. The minimum Gasteiger partial charge on any atom is -0.296 e. The number of aryl methyl sites for hydroxylation is 1. The molecule has 0 bridgehead atoms. The molecule has 0 saturated carbocycles. The van der Waals surface area contributed by atoms with E-state index in [4.69, 9.17) is 0 Å². The van der Waals surface area contributed by atoms with Crippen LogP contribution in [0.2, 0.25) is 0 Å². The molecule has 5 heteroatoms. The molecule has 0 N–H and O–H groups in total. The van der Waals surface area contributed by atoms with Gasteiger partial charge in [-0.15, -0.1) is 0 Å². The highest BCUT2D eigenvalue weighted by Crippen LogP contribution is 2.18. The first-order valence-corrected chi connectivity index (χ1v) is 3.76. The zero-order chi connectivity index (χ0) is 9.42. The molecule has 0 aromatic carbocycles. The number of halogens is 2. The highest BCUT2D eigenvalue weighted by molar-refractivity contribution is 5.43. The van der Waals surface area contributed by atoms with Gasteiger partial charge in [-0.25, -0.2) is 13.8 Å². The number of hydrogen-bond acceptors (Lipinski definition) is 2. The fraction of sp³-hybridized carbons (Fsp3) is 0.250. The molecule has 2 aromatic heterocycles. The van der Waals surface area contributed by atoms with Crippen LogP contribution in [0.15, 0.2) is 18.6 Å². The van der Waals surface area contributed by atoms with Gasteiger partial charge in [-0.1, -0.05) is 0 Å². The van der Waals surface area contributed by atoms with Gasteiger partial charge in [-0.05, 0) is 6.92 Å². The second-order valence-electron chi connectivity index (χ2n) is 2.74. The Morgan fingerprint density at radius 2 is 2.00 bits per heavy atom. The van der Waals surface area contributed by atoms with Gasteiger partial charge >= 0.3 is 0 Å². The number of fused-ring (bicyclic) bond motifs is 1. The van der Waals surface area contributed by atoms with Crippen LogP contribution in [0.3, 0.4) is 0 Å². The van der Waals surface area contributed by atoms with E-state index in [2.05, 4.69) is 9.97 Å². The van der Waals surface area contributed by atoms with Crippen LogP contribution in [0.1, 0.15) is 17.9 Å². The maximum absolute atomic E-state index is 12.4. The van der Waals surface area contributed by atoms with Crippen molar-refractivity contribution in [3.8, 4) is 0 Å². The molecule has 2 aromatic rings. The Balaban J connectivity index is 2.71. The maximum Gasteiger partial charge on any atom is 0.295 e. The molecule has 0 unspecified atom stereocenters. The summed E-state index contributed by atoms with van der Waals surface area (Å²) in [5.41, 5.74) is 1.27. The van der Waals surface area contributed by atoms with E-state index in [0.29, 0.717) is 11.2 Å². The molecule has 0 radical (unpaired) electrons. The number of rotatable bonds is 1. The quantitative estimate of drug-likeness (QED) is 0.676. The molecule has 0 aliphatic heterocycles. The summed E-state index contributed by atoms with van der Waals surface area (Å²) in [4.78, 5) is 7.58. The van der Waals surface area contributed by atoms with Crippen molar-refractivity contribution in [3.63, 3.8) is 0 Å². The average Bonchev–Trinajstić information content (AvgIpc) is 2.46. The summed E-state index contributed by atoms with van der Waals surface area (Å²) in [6.45, 7) is 1.74. The van der Waals surface area contributed by atoms with Crippen molar-refractivity contribution >= 4 is 5.52 Å². The highest BCUT2D eigenvalue weighted by Gasteiger charge is 2.13. The van der Waals surface area contributed by atoms with Crippen molar-refractivity contribution in [1.82, 2.24) is 14.4 Å². The Morgan fingerprint density at radius 1 is 1.31 bits per heavy atom. The monoisotopic (exact) mass is 183 g/mol. The summed E-state index contributed by atoms with van der Waals surface area (Å²) in [6.07, 6.45) is 1.90. The summed E-state index contributed by atoms with van der Waals surface area (Å²) in [5.74, 6) is -0.236. The summed E-state index contributed by atoms with van der Waals surface area (Å²) >= 11 is 0. The van der Waals surface area contributed by atoms with E-state index in [0.717, 1.165) is 0 Å². The SMILES string of the molecule is Cc1cn2c(C(F)F)ncc2cn1. The lowest BCUT2D eigenvalue weighted by Gasteiger charge is -1.99.